The zero-order chi connectivity index (χ0) is 10.6. The van der Waals surface area contributed by atoms with Crippen molar-refractivity contribution in [2.75, 3.05) is 0 Å². The van der Waals surface area contributed by atoms with Crippen molar-refractivity contribution in [1.82, 2.24) is 0 Å². The maximum absolute atomic E-state index is 13.0. The fraction of sp³-hybridized carbons (Fsp3) is 0.500. The molecule has 0 aliphatic rings. The van der Waals surface area contributed by atoms with Crippen LogP contribution in [0.4, 0.5) is 4.39 Å². The molecule has 1 atom stereocenters. The van der Waals surface area contributed by atoms with Crippen molar-refractivity contribution in [3.63, 3.8) is 0 Å². The number of halogens is 1. The average molecular weight is 195 g/mol. The predicted molar refractivity (Wildman–Crippen MR) is 57.6 cm³/mol. The van der Waals surface area contributed by atoms with Crippen LogP contribution in [0.25, 0.3) is 0 Å². The van der Waals surface area contributed by atoms with Crippen molar-refractivity contribution in [2.24, 2.45) is 5.73 Å². The molecule has 2 N–H and O–H groups in total. The Labute approximate surface area is 85.1 Å². The van der Waals surface area contributed by atoms with E-state index in [4.69, 9.17) is 5.73 Å². The molecule has 0 aliphatic heterocycles. The van der Waals surface area contributed by atoms with Crippen LogP contribution in [0, 0.1) is 12.7 Å². The number of benzene rings is 1. The summed E-state index contributed by atoms with van der Waals surface area (Å²) in [7, 11) is 0. The molecule has 78 valence electrons. The van der Waals surface area contributed by atoms with Gasteiger partial charge in [-0.05, 0) is 36.6 Å². The second kappa shape index (κ2) is 5.11. The first kappa shape index (κ1) is 11.2. The molecule has 1 nitrogen and oxygen atoms in total. The van der Waals surface area contributed by atoms with E-state index in [1.54, 1.807) is 12.1 Å². The van der Waals surface area contributed by atoms with Crippen molar-refractivity contribution in [2.45, 2.75) is 39.2 Å². The molecule has 0 amide bonds. The molecule has 0 aliphatic carbocycles. The zero-order valence-corrected chi connectivity index (χ0v) is 8.89. The Morgan fingerprint density at radius 3 is 2.79 bits per heavy atom. The first-order chi connectivity index (χ1) is 6.65. The maximum atomic E-state index is 13.0. The monoisotopic (exact) mass is 195 g/mol. The minimum atomic E-state index is -0.197. The molecular weight excluding hydrogens is 177 g/mol. The van der Waals surface area contributed by atoms with Crippen LogP contribution in [0.15, 0.2) is 18.2 Å². The van der Waals surface area contributed by atoms with Gasteiger partial charge in [0.25, 0.3) is 0 Å². The third-order valence-corrected chi connectivity index (χ3v) is 2.51. The normalized spacial score (nSPS) is 12.9. The van der Waals surface area contributed by atoms with Gasteiger partial charge in [0.2, 0.25) is 0 Å². The van der Waals surface area contributed by atoms with E-state index in [9.17, 15) is 4.39 Å². The highest BCUT2D eigenvalue weighted by Gasteiger charge is 2.08. The Balaban J connectivity index is 2.77. The van der Waals surface area contributed by atoms with Crippen LogP contribution in [0.3, 0.4) is 0 Å². The van der Waals surface area contributed by atoms with Gasteiger partial charge in [0.15, 0.2) is 0 Å². The molecule has 0 saturated heterocycles. The largest absolute Gasteiger partial charge is 0.324 e. The van der Waals surface area contributed by atoms with Crippen molar-refractivity contribution in [1.29, 1.82) is 0 Å². The Morgan fingerprint density at radius 1 is 1.43 bits per heavy atom. The second-order valence-electron chi connectivity index (χ2n) is 3.75. The molecule has 2 heteroatoms. The van der Waals surface area contributed by atoms with Crippen LogP contribution in [-0.2, 0) is 0 Å². The van der Waals surface area contributed by atoms with E-state index >= 15 is 0 Å². The van der Waals surface area contributed by atoms with Crippen molar-refractivity contribution in [3.8, 4) is 0 Å². The lowest BCUT2D eigenvalue weighted by Gasteiger charge is -2.14. The van der Waals surface area contributed by atoms with Crippen LogP contribution in [0.5, 0.6) is 0 Å². The van der Waals surface area contributed by atoms with Gasteiger partial charge in [-0.2, -0.15) is 0 Å². The maximum Gasteiger partial charge on any atom is 0.123 e. The highest BCUT2D eigenvalue weighted by molar-refractivity contribution is 5.29. The molecule has 0 radical (unpaired) electrons. The average Bonchev–Trinajstić information content (AvgIpc) is 2.18. The van der Waals surface area contributed by atoms with E-state index in [0.29, 0.717) is 0 Å². The van der Waals surface area contributed by atoms with Gasteiger partial charge in [0.05, 0.1) is 0 Å². The van der Waals surface area contributed by atoms with Gasteiger partial charge in [0, 0.05) is 6.04 Å². The van der Waals surface area contributed by atoms with Crippen molar-refractivity contribution < 1.29 is 4.39 Å². The molecule has 0 fully saturated rings. The Kier molecular flexibility index (Phi) is 4.08. The Morgan fingerprint density at radius 2 is 2.14 bits per heavy atom. The number of unbranched alkanes of at least 4 members (excludes halogenated alkanes) is 1. The first-order valence-electron chi connectivity index (χ1n) is 5.16. The molecular formula is C12H18FN. The minimum Gasteiger partial charge on any atom is -0.324 e. The van der Waals surface area contributed by atoms with Crippen LogP contribution < -0.4 is 5.73 Å². The summed E-state index contributed by atoms with van der Waals surface area (Å²) in [6.07, 6.45) is 3.15. The summed E-state index contributed by atoms with van der Waals surface area (Å²) < 4.78 is 13.0. The van der Waals surface area contributed by atoms with Gasteiger partial charge >= 0.3 is 0 Å². The summed E-state index contributed by atoms with van der Waals surface area (Å²) >= 11 is 0. The summed E-state index contributed by atoms with van der Waals surface area (Å²) in [4.78, 5) is 0. The SMILES string of the molecule is CCCC[C@@H](N)c1cc(F)ccc1C. The summed E-state index contributed by atoms with van der Waals surface area (Å²) in [5.74, 6) is -0.197. The van der Waals surface area contributed by atoms with Gasteiger partial charge in [0.1, 0.15) is 5.82 Å². The standard InChI is InChI=1S/C12H18FN/c1-3-4-5-12(14)11-8-10(13)7-6-9(11)2/h6-8,12H,3-5,14H2,1-2H3/t12-/m1/s1. The van der Waals surface area contributed by atoms with Gasteiger partial charge in [-0.1, -0.05) is 25.8 Å². The fourth-order valence-corrected chi connectivity index (χ4v) is 1.59. The minimum absolute atomic E-state index is 0.0225. The summed E-state index contributed by atoms with van der Waals surface area (Å²) in [6, 6.07) is 4.79. The van der Waals surface area contributed by atoms with Crippen molar-refractivity contribution >= 4 is 0 Å². The molecule has 0 unspecified atom stereocenters. The van der Waals surface area contributed by atoms with Gasteiger partial charge < -0.3 is 5.73 Å². The van der Waals surface area contributed by atoms with Crippen LogP contribution in [0.2, 0.25) is 0 Å². The molecule has 0 aromatic heterocycles. The second-order valence-corrected chi connectivity index (χ2v) is 3.75. The fourth-order valence-electron chi connectivity index (χ4n) is 1.59. The third kappa shape index (κ3) is 2.81. The van der Waals surface area contributed by atoms with E-state index < -0.39 is 0 Å². The molecule has 1 rings (SSSR count). The Bertz CT molecular complexity index is 296. The number of hydrogen-bond donors (Lipinski definition) is 1. The van der Waals surface area contributed by atoms with Crippen LogP contribution in [-0.4, -0.2) is 0 Å². The van der Waals surface area contributed by atoms with Crippen LogP contribution >= 0.6 is 0 Å². The summed E-state index contributed by atoms with van der Waals surface area (Å²) in [5.41, 5.74) is 8.01. The highest BCUT2D eigenvalue weighted by Crippen LogP contribution is 2.21. The van der Waals surface area contributed by atoms with E-state index in [2.05, 4.69) is 6.92 Å². The number of aryl methyl sites for hydroxylation is 1. The number of nitrogens with two attached hydrogens (primary N) is 1. The molecule has 0 heterocycles. The quantitative estimate of drug-likeness (QED) is 0.783. The van der Waals surface area contributed by atoms with Gasteiger partial charge in [-0.3, -0.25) is 0 Å². The van der Waals surface area contributed by atoms with Gasteiger partial charge in [-0.15, -0.1) is 0 Å². The molecule has 1 aromatic rings. The molecule has 0 bridgehead atoms. The lowest BCUT2D eigenvalue weighted by molar-refractivity contribution is 0.586. The van der Waals surface area contributed by atoms with E-state index in [-0.39, 0.29) is 11.9 Å². The van der Waals surface area contributed by atoms with Crippen molar-refractivity contribution in [3.05, 3.63) is 35.1 Å². The third-order valence-electron chi connectivity index (χ3n) is 2.51. The molecule has 0 saturated carbocycles. The van der Waals surface area contributed by atoms with Crippen LogP contribution in [0.1, 0.15) is 43.4 Å². The molecule has 0 spiro atoms. The molecule has 14 heavy (non-hydrogen) atoms. The highest BCUT2D eigenvalue weighted by atomic mass is 19.1. The van der Waals surface area contributed by atoms with Gasteiger partial charge in [-0.25, -0.2) is 4.39 Å². The summed E-state index contributed by atoms with van der Waals surface area (Å²) in [5, 5.41) is 0. The topological polar surface area (TPSA) is 26.0 Å². The van der Waals surface area contributed by atoms with E-state index in [0.717, 1.165) is 30.4 Å². The lowest BCUT2D eigenvalue weighted by atomic mass is 9.98. The predicted octanol–water partition coefficient (Wildman–Crippen LogP) is 3.32. The lowest BCUT2D eigenvalue weighted by Crippen LogP contribution is -2.11. The smallest absolute Gasteiger partial charge is 0.123 e. The van der Waals surface area contributed by atoms with E-state index in [1.807, 2.05) is 6.92 Å². The number of rotatable bonds is 4. The Hall–Kier alpha value is -0.890. The summed E-state index contributed by atoms with van der Waals surface area (Å²) in [6.45, 7) is 4.10. The van der Waals surface area contributed by atoms with E-state index in [1.165, 1.54) is 6.07 Å². The zero-order valence-electron chi connectivity index (χ0n) is 8.89. The molecule has 1 aromatic carbocycles. The first-order valence-corrected chi connectivity index (χ1v) is 5.16. The number of hydrogen-bond acceptors (Lipinski definition) is 1.